The van der Waals surface area contributed by atoms with E-state index in [9.17, 15) is 4.79 Å². The van der Waals surface area contributed by atoms with Crippen molar-refractivity contribution in [3.05, 3.63) is 34.9 Å². The van der Waals surface area contributed by atoms with Gasteiger partial charge < -0.3 is 15.4 Å². The van der Waals surface area contributed by atoms with E-state index in [4.69, 9.17) is 11.6 Å². The second kappa shape index (κ2) is 11.8. The van der Waals surface area contributed by atoms with Crippen molar-refractivity contribution in [1.82, 2.24) is 10.6 Å². The fourth-order valence-corrected chi connectivity index (χ4v) is 2.33. The van der Waals surface area contributed by atoms with E-state index in [1.165, 1.54) is 12.7 Å². The van der Waals surface area contributed by atoms with Gasteiger partial charge in [0.15, 0.2) is 5.96 Å². The zero-order valence-electron chi connectivity index (χ0n) is 13.9. The number of carbonyl (C=O) groups is 1. The summed E-state index contributed by atoms with van der Waals surface area (Å²) >= 11 is 5.97. The van der Waals surface area contributed by atoms with Crippen LogP contribution in [-0.2, 0) is 16.0 Å². The van der Waals surface area contributed by atoms with Crippen molar-refractivity contribution in [2.75, 3.05) is 27.2 Å². The van der Waals surface area contributed by atoms with Crippen LogP contribution >= 0.6 is 11.6 Å². The van der Waals surface area contributed by atoms with Gasteiger partial charge in [-0.05, 0) is 37.0 Å². The van der Waals surface area contributed by atoms with Crippen LogP contribution in [0.1, 0.15) is 31.2 Å². The van der Waals surface area contributed by atoms with Gasteiger partial charge in [0.1, 0.15) is 0 Å². The Morgan fingerprint density at radius 2 is 2.00 bits per heavy atom. The number of esters is 1. The summed E-state index contributed by atoms with van der Waals surface area (Å²) in [6.45, 7) is 1.63. The van der Waals surface area contributed by atoms with Gasteiger partial charge in [-0.15, -0.1) is 0 Å². The molecule has 0 heterocycles. The number of hydrogen-bond acceptors (Lipinski definition) is 3. The number of benzene rings is 1. The number of carbonyl (C=O) groups excluding carboxylic acids is 1. The molecule has 0 atom stereocenters. The second-order valence-corrected chi connectivity index (χ2v) is 5.63. The molecule has 0 aliphatic carbocycles. The van der Waals surface area contributed by atoms with Crippen LogP contribution in [0, 0.1) is 0 Å². The largest absolute Gasteiger partial charge is 0.469 e. The van der Waals surface area contributed by atoms with Gasteiger partial charge in [0.05, 0.1) is 7.11 Å². The smallest absolute Gasteiger partial charge is 0.305 e. The maximum Gasteiger partial charge on any atom is 0.305 e. The van der Waals surface area contributed by atoms with Gasteiger partial charge in [0.25, 0.3) is 0 Å². The maximum atomic E-state index is 11.0. The van der Waals surface area contributed by atoms with E-state index < -0.39 is 0 Å². The van der Waals surface area contributed by atoms with Crippen LogP contribution in [0.5, 0.6) is 0 Å². The molecule has 23 heavy (non-hydrogen) atoms. The van der Waals surface area contributed by atoms with Crippen LogP contribution in [0.2, 0.25) is 5.02 Å². The predicted molar refractivity (Wildman–Crippen MR) is 95.0 cm³/mol. The number of guanidine groups is 1. The molecule has 6 heteroatoms. The summed E-state index contributed by atoms with van der Waals surface area (Å²) in [6.07, 6.45) is 4.21. The maximum absolute atomic E-state index is 11.0. The molecule has 1 aromatic rings. The Balaban J connectivity index is 2.11. The molecular formula is C17H26ClN3O2. The first kappa shape index (κ1) is 19.3. The second-order valence-electron chi connectivity index (χ2n) is 5.19. The van der Waals surface area contributed by atoms with Gasteiger partial charge in [-0.1, -0.05) is 30.2 Å². The molecule has 0 saturated carbocycles. The SMILES string of the molecule is CN=C(NCCCCCC(=O)OC)NCCc1cccc(Cl)c1. The fourth-order valence-electron chi connectivity index (χ4n) is 2.12. The Morgan fingerprint density at radius 3 is 2.70 bits per heavy atom. The van der Waals surface area contributed by atoms with Gasteiger partial charge >= 0.3 is 5.97 Å². The zero-order chi connectivity index (χ0) is 16.9. The van der Waals surface area contributed by atoms with Gasteiger partial charge in [0, 0.05) is 31.6 Å². The van der Waals surface area contributed by atoms with Crippen LogP contribution in [0.4, 0.5) is 0 Å². The van der Waals surface area contributed by atoms with Crippen LogP contribution in [-0.4, -0.2) is 39.2 Å². The standard InChI is InChI=1S/C17H26ClN3O2/c1-19-17(20-11-5-3-4-9-16(22)23-2)21-12-10-14-7-6-8-15(18)13-14/h6-8,13H,3-5,9-12H2,1-2H3,(H2,19,20,21). The molecule has 0 fully saturated rings. The number of hydrogen-bond donors (Lipinski definition) is 2. The first-order valence-electron chi connectivity index (χ1n) is 7.91. The lowest BCUT2D eigenvalue weighted by molar-refractivity contribution is -0.140. The molecule has 0 saturated heterocycles. The molecule has 2 N–H and O–H groups in total. The van der Waals surface area contributed by atoms with Crippen molar-refractivity contribution in [3.63, 3.8) is 0 Å². The van der Waals surface area contributed by atoms with Crippen LogP contribution in [0.3, 0.4) is 0 Å². The zero-order valence-corrected chi connectivity index (χ0v) is 14.7. The third-order valence-corrected chi connectivity index (χ3v) is 3.63. The van der Waals surface area contributed by atoms with E-state index in [1.54, 1.807) is 7.05 Å². The Morgan fingerprint density at radius 1 is 1.22 bits per heavy atom. The Bertz CT molecular complexity index is 506. The monoisotopic (exact) mass is 339 g/mol. The van der Waals surface area contributed by atoms with E-state index in [2.05, 4.69) is 26.4 Å². The lowest BCUT2D eigenvalue weighted by atomic mass is 10.1. The average Bonchev–Trinajstić information content (AvgIpc) is 2.56. The summed E-state index contributed by atoms with van der Waals surface area (Å²) in [4.78, 5) is 15.2. The third-order valence-electron chi connectivity index (χ3n) is 3.40. The average molecular weight is 340 g/mol. The number of methoxy groups -OCH3 is 1. The molecule has 5 nitrogen and oxygen atoms in total. The molecule has 0 aliphatic heterocycles. The number of ether oxygens (including phenoxy) is 1. The number of rotatable bonds is 9. The summed E-state index contributed by atoms with van der Waals surface area (Å²) in [5, 5.41) is 7.30. The summed E-state index contributed by atoms with van der Waals surface area (Å²) in [5.74, 6) is 0.649. The third kappa shape index (κ3) is 9.08. The van der Waals surface area contributed by atoms with E-state index in [1.807, 2.05) is 18.2 Å². The fraction of sp³-hybridized carbons (Fsp3) is 0.529. The van der Waals surface area contributed by atoms with Gasteiger partial charge in [-0.25, -0.2) is 0 Å². The molecule has 0 spiro atoms. The summed E-state index contributed by atoms with van der Waals surface area (Å²) < 4.78 is 4.61. The molecule has 0 radical (unpaired) electrons. The summed E-state index contributed by atoms with van der Waals surface area (Å²) in [7, 11) is 3.18. The lowest BCUT2D eigenvalue weighted by Gasteiger charge is -2.12. The highest BCUT2D eigenvalue weighted by molar-refractivity contribution is 6.30. The Labute approximate surface area is 143 Å². The highest BCUT2D eigenvalue weighted by Crippen LogP contribution is 2.10. The predicted octanol–water partition coefficient (Wildman–Crippen LogP) is 2.78. The molecule has 0 aromatic heterocycles. The molecule has 0 amide bonds. The number of halogens is 1. The number of unbranched alkanes of at least 4 members (excludes halogenated alkanes) is 2. The minimum atomic E-state index is -0.142. The van der Waals surface area contributed by atoms with E-state index in [0.29, 0.717) is 6.42 Å². The minimum absolute atomic E-state index is 0.142. The van der Waals surface area contributed by atoms with Gasteiger partial charge in [0.2, 0.25) is 0 Å². The molecule has 128 valence electrons. The molecular weight excluding hydrogens is 314 g/mol. The summed E-state index contributed by atoms with van der Waals surface area (Å²) in [5.41, 5.74) is 1.20. The molecule has 0 bridgehead atoms. The van der Waals surface area contributed by atoms with Gasteiger partial charge in [-0.3, -0.25) is 9.79 Å². The van der Waals surface area contributed by atoms with E-state index in [0.717, 1.165) is 49.8 Å². The molecule has 1 rings (SSSR count). The highest BCUT2D eigenvalue weighted by Gasteiger charge is 2.01. The Hall–Kier alpha value is -1.75. The summed E-state index contributed by atoms with van der Waals surface area (Å²) in [6, 6.07) is 7.87. The van der Waals surface area contributed by atoms with Crippen molar-refractivity contribution in [2.24, 2.45) is 4.99 Å². The van der Waals surface area contributed by atoms with Crippen molar-refractivity contribution in [2.45, 2.75) is 32.1 Å². The molecule has 1 aromatic carbocycles. The first-order chi connectivity index (χ1) is 11.2. The Kier molecular flexibility index (Phi) is 9.87. The van der Waals surface area contributed by atoms with E-state index in [-0.39, 0.29) is 5.97 Å². The van der Waals surface area contributed by atoms with E-state index >= 15 is 0 Å². The van der Waals surface area contributed by atoms with Crippen molar-refractivity contribution < 1.29 is 9.53 Å². The lowest BCUT2D eigenvalue weighted by Crippen LogP contribution is -2.38. The molecule has 0 aliphatic rings. The normalized spacial score (nSPS) is 11.2. The van der Waals surface area contributed by atoms with Crippen molar-refractivity contribution in [1.29, 1.82) is 0 Å². The first-order valence-corrected chi connectivity index (χ1v) is 8.29. The quantitative estimate of drug-likeness (QED) is 0.314. The number of nitrogens with zero attached hydrogens (tertiary/aromatic N) is 1. The molecule has 0 unspecified atom stereocenters. The van der Waals surface area contributed by atoms with Crippen molar-refractivity contribution in [3.8, 4) is 0 Å². The van der Waals surface area contributed by atoms with Crippen LogP contribution in [0.25, 0.3) is 0 Å². The number of aliphatic imine (C=N–C) groups is 1. The minimum Gasteiger partial charge on any atom is -0.469 e. The van der Waals surface area contributed by atoms with Crippen LogP contribution < -0.4 is 10.6 Å². The topological polar surface area (TPSA) is 62.7 Å². The number of nitrogens with one attached hydrogen (secondary N) is 2. The van der Waals surface area contributed by atoms with Crippen molar-refractivity contribution >= 4 is 23.5 Å². The highest BCUT2D eigenvalue weighted by atomic mass is 35.5. The van der Waals surface area contributed by atoms with Crippen LogP contribution in [0.15, 0.2) is 29.3 Å². The van der Waals surface area contributed by atoms with Gasteiger partial charge in [-0.2, -0.15) is 0 Å².